The molecule has 2 N–H and O–H groups in total. The topological polar surface area (TPSA) is 104 Å². The second-order valence-corrected chi connectivity index (χ2v) is 10.4. The first-order chi connectivity index (χ1) is 21.0. The van der Waals surface area contributed by atoms with Crippen molar-refractivity contribution in [1.82, 2.24) is 24.6 Å². The molecule has 43 heavy (non-hydrogen) atoms. The number of nitrogens with one attached hydrogen (secondary N) is 1. The number of H-pyrrole nitrogens is 1. The summed E-state index contributed by atoms with van der Waals surface area (Å²) in [5, 5.41) is 14.2. The van der Waals surface area contributed by atoms with Crippen LogP contribution in [-0.4, -0.2) is 48.7 Å². The van der Waals surface area contributed by atoms with Crippen molar-refractivity contribution in [2.45, 2.75) is 5.54 Å². The molecule has 8 nitrogen and oxygen atoms in total. The average Bonchev–Trinajstić information content (AvgIpc) is 3.64. The fourth-order valence-electron chi connectivity index (χ4n) is 5.98. The lowest BCUT2D eigenvalue weighted by Crippen LogP contribution is -2.38. The number of benzene rings is 4. The standard InChI is InChI=1S/C35H25N5O3/c1-39-21-23(17-18-27(39)22-41)32-28-19-29-30(37-33(36-29)34(42)43)20-31(28)40(38-32)35(24-11-5-2-6-12-24,25-13-7-3-8-14-25)26-15-9-4-10-16-26/h2-21,38H,1H3,(H,42,43). The number of carbonyl (C=O) groups is 1. The van der Waals surface area contributed by atoms with Gasteiger partial charge in [-0.3, -0.25) is 9.78 Å². The molecule has 8 heteroatoms. The van der Waals surface area contributed by atoms with Crippen LogP contribution < -0.4 is 0 Å². The Morgan fingerprint density at radius 1 is 0.814 bits per heavy atom. The zero-order chi connectivity index (χ0) is 29.6. The normalized spacial score (nSPS) is 13.4. The zero-order valence-electron chi connectivity index (χ0n) is 23.1. The minimum Gasteiger partial charge on any atom is -0.475 e. The van der Waals surface area contributed by atoms with Crippen LogP contribution in [0, 0.1) is 0 Å². The van der Waals surface area contributed by atoms with Gasteiger partial charge >= 0.3 is 5.97 Å². The van der Waals surface area contributed by atoms with Crippen LogP contribution >= 0.6 is 0 Å². The SMILES string of the molecule is CN1C=C(c2[nH]n(C(c3ccccc3)(c3ccccc3)c3ccccc3)c3cc4nc(C(=O)O)nc4cc23)C=CC1=C=O. The number of aromatic amines is 1. The number of fused-ring (bicyclic) bond motifs is 2. The number of carboxylic acid groups (broad SMARTS) is 1. The summed E-state index contributed by atoms with van der Waals surface area (Å²) in [5.41, 5.74) is 5.94. The Balaban J connectivity index is 1.65. The van der Waals surface area contributed by atoms with Gasteiger partial charge in [0, 0.05) is 24.2 Å². The molecule has 7 rings (SSSR count). The molecular formula is C35H25N5O3. The third kappa shape index (κ3) is 4.09. The van der Waals surface area contributed by atoms with Gasteiger partial charge in [0.15, 0.2) is 5.94 Å². The molecule has 0 unspecified atom stereocenters. The Hall–Kier alpha value is -5.98. The molecular weight excluding hydrogens is 538 g/mol. The minimum atomic E-state index is -1.18. The summed E-state index contributed by atoms with van der Waals surface area (Å²) in [7, 11) is 1.80. The van der Waals surface area contributed by atoms with Crippen molar-refractivity contribution in [3.63, 3.8) is 0 Å². The maximum absolute atomic E-state index is 11.8. The van der Waals surface area contributed by atoms with E-state index in [1.54, 1.807) is 18.0 Å². The van der Waals surface area contributed by atoms with Crippen molar-refractivity contribution in [1.29, 1.82) is 0 Å². The molecule has 0 amide bonds. The molecule has 2 aromatic heterocycles. The number of imidazole rings is 1. The smallest absolute Gasteiger partial charge is 0.373 e. The fraction of sp³-hybridized carbons (Fsp3) is 0.0571. The van der Waals surface area contributed by atoms with E-state index in [9.17, 15) is 14.7 Å². The van der Waals surface area contributed by atoms with Gasteiger partial charge in [-0.15, -0.1) is 0 Å². The van der Waals surface area contributed by atoms with Crippen LogP contribution in [0.15, 0.2) is 127 Å². The van der Waals surface area contributed by atoms with Crippen LogP contribution in [0.3, 0.4) is 0 Å². The molecule has 208 valence electrons. The highest BCUT2D eigenvalue weighted by Gasteiger charge is 2.40. The van der Waals surface area contributed by atoms with E-state index in [0.29, 0.717) is 16.7 Å². The quantitative estimate of drug-likeness (QED) is 0.190. The number of carboxylic acids is 1. The lowest BCUT2D eigenvalue weighted by molar-refractivity contribution is 0.0685. The lowest BCUT2D eigenvalue weighted by Gasteiger charge is -2.37. The molecule has 0 spiro atoms. The molecule has 0 radical (unpaired) electrons. The first kappa shape index (κ1) is 26.0. The largest absolute Gasteiger partial charge is 0.475 e. The highest BCUT2D eigenvalue weighted by atomic mass is 16.4. The molecule has 6 aromatic rings. The summed E-state index contributed by atoms with van der Waals surface area (Å²) in [6, 6.07) is 34.6. The number of nitrogens with zero attached hydrogens (tertiary/aromatic N) is 4. The van der Waals surface area contributed by atoms with Crippen molar-refractivity contribution in [2.75, 3.05) is 7.05 Å². The molecule has 1 aliphatic rings. The summed E-state index contributed by atoms with van der Waals surface area (Å²) in [5.74, 6) is 0.529. The van der Waals surface area contributed by atoms with Crippen LogP contribution in [0.25, 0.3) is 27.5 Å². The maximum Gasteiger partial charge on any atom is 0.373 e. The first-order valence-electron chi connectivity index (χ1n) is 13.7. The van der Waals surface area contributed by atoms with Gasteiger partial charge in [-0.25, -0.2) is 19.6 Å². The number of likely N-dealkylation sites (N-methyl/N-ethyl adjacent to an activating group) is 1. The van der Waals surface area contributed by atoms with Crippen molar-refractivity contribution >= 4 is 39.4 Å². The van der Waals surface area contributed by atoms with E-state index in [1.165, 1.54) is 0 Å². The molecule has 4 aromatic carbocycles. The first-order valence-corrected chi connectivity index (χ1v) is 13.7. The summed E-state index contributed by atoms with van der Waals surface area (Å²) in [6.07, 6.45) is 5.46. The molecule has 0 atom stereocenters. The van der Waals surface area contributed by atoms with Gasteiger partial charge in [0.2, 0.25) is 5.82 Å². The van der Waals surface area contributed by atoms with E-state index in [1.807, 2.05) is 84.9 Å². The number of rotatable bonds is 6. The second-order valence-electron chi connectivity index (χ2n) is 10.4. The van der Waals surface area contributed by atoms with Crippen molar-refractivity contribution in [2.24, 2.45) is 0 Å². The predicted octanol–water partition coefficient (Wildman–Crippen LogP) is 6.01. The molecule has 0 aliphatic carbocycles. The number of hydrogen-bond acceptors (Lipinski definition) is 5. The Kier molecular flexibility index (Phi) is 6.12. The summed E-state index contributed by atoms with van der Waals surface area (Å²) in [6.45, 7) is 0. The predicted molar refractivity (Wildman–Crippen MR) is 165 cm³/mol. The van der Waals surface area contributed by atoms with Gasteiger partial charge in [-0.2, -0.15) is 0 Å². The average molecular weight is 564 g/mol. The fourth-order valence-corrected chi connectivity index (χ4v) is 5.98. The Morgan fingerprint density at radius 3 is 1.84 bits per heavy atom. The monoisotopic (exact) mass is 563 g/mol. The van der Waals surface area contributed by atoms with Crippen LogP contribution in [0.2, 0.25) is 0 Å². The van der Waals surface area contributed by atoms with Crippen molar-refractivity contribution < 1.29 is 14.7 Å². The van der Waals surface area contributed by atoms with Crippen LogP contribution in [-0.2, 0) is 10.3 Å². The second kappa shape index (κ2) is 10.1. The molecule has 0 fully saturated rings. The van der Waals surface area contributed by atoms with Gasteiger partial charge < -0.3 is 10.0 Å². The summed E-state index contributed by atoms with van der Waals surface area (Å²) >= 11 is 0. The Bertz CT molecular complexity index is 2020. The van der Waals surface area contributed by atoms with Crippen LogP contribution in [0.5, 0.6) is 0 Å². The highest BCUT2D eigenvalue weighted by Crippen LogP contribution is 2.44. The molecule has 0 saturated heterocycles. The van der Waals surface area contributed by atoms with E-state index in [0.717, 1.165) is 38.9 Å². The number of hydrogen-bond donors (Lipinski definition) is 2. The third-order valence-corrected chi connectivity index (χ3v) is 7.91. The van der Waals surface area contributed by atoms with Gasteiger partial charge in [-0.05, 0) is 41.0 Å². The number of allylic oxidation sites excluding steroid dienone is 3. The summed E-state index contributed by atoms with van der Waals surface area (Å²) < 4.78 is 2.13. The van der Waals surface area contributed by atoms with Gasteiger partial charge in [0.05, 0.1) is 22.2 Å². The molecule has 0 bridgehead atoms. The van der Waals surface area contributed by atoms with E-state index in [2.05, 4.69) is 56.1 Å². The van der Waals surface area contributed by atoms with E-state index in [-0.39, 0.29) is 5.82 Å². The van der Waals surface area contributed by atoms with E-state index in [4.69, 9.17) is 0 Å². The van der Waals surface area contributed by atoms with E-state index >= 15 is 0 Å². The molecule has 1 aliphatic heterocycles. The van der Waals surface area contributed by atoms with Crippen LogP contribution in [0.1, 0.15) is 33.0 Å². The molecule has 0 saturated carbocycles. The Labute approximate surface area is 246 Å². The van der Waals surface area contributed by atoms with Crippen molar-refractivity contribution in [3.8, 4) is 0 Å². The van der Waals surface area contributed by atoms with Crippen LogP contribution in [0.4, 0.5) is 0 Å². The van der Waals surface area contributed by atoms with Crippen molar-refractivity contribution in [3.05, 3.63) is 155 Å². The van der Waals surface area contributed by atoms with Gasteiger partial charge in [-0.1, -0.05) is 91.0 Å². The zero-order valence-corrected chi connectivity index (χ0v) is 23.1. The Morgan fingerprint density at radius 2 is 1.35 bits per heavy atom. The van der Waals surface area contributed by atoms with Gasteiger partial charge in [0.25, 0.3) is 0 Å². The van der Waals surface area contributed by atoms with E-state index < -0.39 is 11.5 Å². The minimum absolute atomic E-state index is 0.252. The molecule has 3 heterocycles. The third-order valence-electron chi connectivity index (χ3n) is 7.91. The number of aromatic nitrogens is 4. The number of carbonyl (C=O) groups excluding carboxylic acids is 1. The maximum atomic E-state index is 11.8. The lowest BCUT2D eigenvalue weighted by atomic mass is 9.77. The van der Waals surface area contributed by atoms with Gasteiger partial charge in [0.1, 0.15) is 11.2 Å². The number of aromatic carboxylic acids is 1. The highest BCUT2D eigenvalue weighted by molar-refractivity contribution is 6.02. The summed E-state index contributed by atoms with van der Waals surface area (Å²) in [4.78, 5) is 33.6.